The molecule has 2 atom stereocenters. The number of fused-ring (bicyclic) bond motifs is 1. The van der Waals surface area contributed by atoms with Gasteiger partial charge in [-0.2, -0.15) is 0 Å². The van der Waals surface area contributed by atoms with Gasteiger partial charge in [-0.25, -0.2) is 0 Å². The maximum atomic E-state index is 11.2. The third kappa shape index (κ3) is 1.99. The molecule has 2 rings (SSSR count). The Balaban J connectivity index is 2.54. The minimum absolute atomic E-state index is 0.235. The molecule has 0 fully saturated rings. The molecule has 0 aromatic carbocycles. The van der Waals surface area contributed by atoms with Crippen molar-refractivity contribution in [1.29, 1.82) is 0 Å². The van der Waals surface area contributed by atoms with E-state index in [2.05, 4.69) is 9.98 Å². The highest BCUT2D eigenvalue weighted by atomic mass is 16.6. The number of nitrogens with zero attached hydrogens (tertiary/aromatic N) is 3. The van der Waals surface area contributed by atoms with Crippen LogP contribution in [-0.4, -0.2) is 22.2 Å². The van der Waals surface area contributed by atoms with Gasteiger partial charge < -0.3 is 5.73 Å². The molecule has 1 aromatic heterocycles. The van der Waals surface area contributed by atoms with E-state index in [1.807, 2.05) is 13.8 Å². The van der Waals surface area contributed by atoms with E-state index in [1.54, 1.807) is 18.3 Å². The lowest BCUT2D eigenvalue weighted by atomic mass is 9.78. The molecule has 2 N–H and O–H groups in total. The first-order valence-electron chi connectivity index (χ1n) is 5.87. The maximum Gasteiger partial charge on any atom is 0.271 e. The normalized spacial score (nSPS) is 26.1. The lowest BCUT2D eigenvalue weighted by Gasteiger charge is -2.34. The molecular weight excluding hydrogens is 232 g/mol. The molecule has 0 amide bonds. The van der Waals surface area contributed by atoms with E-state index in [-0.39, 0.29) is 10.8 Å². The number of nitrogens with two attached hydrogens (primary N) is 1. The van der Waals surface area contributed by atoms with Crippen LogP contribution in [0.3, 0.4) is 0 Å². The minimum atomic E-state index is -1.09. The van der Waals surface area contributed by atoms with Gasteiger partial charge in [-0.15, -0.1) is 0 Å². The van der Waals surface area contributed by atoms with E-state index in [0.29, 0.717) is 17.8 Å². The Morgan fingerprint density at radius 3 is 2.94 bits per heavy atom. The van der Waals surface area contributed by atoms with Crippen molar-refractivity contribution >= 4 is 11.9 Å². The second-order valence-corrected chi connectivity index (χ2v) is 5.02. The van der Waals surface area contributed by atoms with Crippen molar-refractivity contribution in [1.82, 2.24) is 4.98 Å². The number of aromatic nitrogens is 1. The summed E-state index contributed by atoms with van der Waals surface area (Å²) in [6.45, 7) is 3.97. The SMILES string of the molecule is CC(C)CC1(N)c2ncccc2N=CC1[N+](=O)[O-]. The smallest absolute Gasteiger partial charge is 0.271 e. The number of hydrogen-bond acceptors (Lipinski definition) is 5. The highest BCUT2D eigenvalue weighted by molar-refractivity contribution is 5.74. The largest absolute Gasteiger partial charge is 0.314 e. The Morgan fingerprint density at radius 2 is 2.33 bits per heavy atom. The van der Waals surface area contributed by atoms with Crippen LogP contribution in [0.15, 0.2) is 23.3 Å². The van der Waals surface area contributed by atoms with Gasteiger partial charge in [-0.05, 0) is 24.5 Å². The molecule has 1 aromatic rings. The molecule has 2 unspecified atom stereocenters. The van der Waals surface area contributed by atoms with E-state index in [0.717, 1.165) is 0 Å². The second-order valence-electron chi connectivity index (χ2n) is 5.02. The van der Waals surface area contributed by atoms with Crippen LogP contribution < -0.4 is 5.73 Å². The topological polar surface area (TPSA) is 94.4 Å². The zero-order valence-corrected chi connectivity index (χ0v) is 10.4. The fourth-order valence-corrected chi connectivity index (χ4v) is 2.42. The molecule has 2 heterocycles. The second kappa shape index (κ2) is 4.45. The first-order chi connectivity index (χ1) is 8.45. The summed E-state index contributed by atoms with van der Waals surface area (Å²) in [4.78, 5) is 19.1. The average molecular weight is 248 g/mol. The number of nitro groups is 1. The molecular formula is C12H16N4O2. The van der Waals surface area contributed by atoms with Gasteiger partial charge in [0.15, 0.2) is 0 Å². The van der Waals surface area contributed by atoms with Gasteiger partial charge in [-0.1, -0.05) is 13.8 Å². The van der Waals surface area contributed by atoms with E-state index in [1.165, 1.54) is 6.21 Å². The molecule has 0 aliphatic carbocycles. The Hall–Kier alpha value is -1.82. The molecule has 0 bridgehead atoms. The van der Waals surface area contributed by atoms with E-state index < -0.39 is 11.6 Å². The number of aliphatic imine (C=N–C) groups is 1. The minimum Gasteiger partial charge on any atom is -0.314 e. The van der Waals surface area contributed by atoms with Crippen molar-refractivity contribution < 1.29 is 4.92 Å². The quantitative estimate of drug-likeness (QED) is 0.649. The first kappa shape index (κ1) is 12.6. The standard InChI is InChI=1S/C12H16N4O2/c1-8(2)6-12(13)10(16(17)18)7-15-9-4-3-5-14-11(9)12/h3-5,7-8,10H,6,13H2,1-2H3. The lowest BCUT2D eigenvalue weighted by molar-refractivity contribution is -0.514. The van der Waals surface area contributed by atoms with Gasteiger partial charge in [0.1, 0.15) is 5.54 Å². The summed E-state index contributed by atoms with van der Waals surface area (Å²) in [5.41, 5.74) is 6.37. The van der Waals surface area contributed by atoms with E-state index in [4.69, 9.17) is 5.73 Å². The van der Waals surface area contributed by atoms with Gasteiger partial charge in [0.2, 0.25) is 0 Å². The third-order valence-corrected chi connectivity index (χ3v) is 3.08. The molecule has 96 valence electrons. The van der Waals surface area contributed by atoms with E-state index in [9.17, 15) is 10.1 Å². The van der Waals surface area contributed by atoms with Crippen LogP contribution in [0.1, 0.15) is 26.0 Å². The predicted octanol–water partition coefficient (Wildman–Crippen LogP) is 1.64. The zero-order chi connectivity index (χ0) is 13.3. The lowest BCUT2D eigenvalue weighted by Crippen LogP contribution is -2.55. The van der Waals surface area contributed by atoms with Crippen LogP contribution >= 0.6 is 0 Å². The van der Waals surface area contributed by atoms with Gasteiger partial charge in [0.25, 0.3) is 6.04 Å². The molecule has 6 nitrogen and oxygen atoms in total. The van der Waals surface area contributed by atoms with Crippen LogP contribution in [-0.2, 0) is 5.54 Å². The van der Waals surface area contributed by atoms with Crippen LogP contribution in [0, 0.1) is 16.0 Å². The molecule has 6 heteroatoms. The number of hydrogen-bond donors (Lipinski definition) is 1. The molecule has 0 spiro atoms. The van der Waals surface area contributed by atoms with Crippen LogP contribution in [0.5, 0.6) is 0 Å². The highest BCUT2D eigenvalue weighted by Gasteiger charge is 2.49. The van der Waals surface area contributed by atoms with E-state index >= 15 is 0 Å². The summed E-state index contributed by atoms with van der Waals surface area (Å²) in [7, 11) is 0. The van der Waals surface area contributed by atoms with Gasteiger partial charge in [0.05, 0.1) is 17.6 Å². The van der Waals surface area contributed by atoms with Crippen molar-refractivity contribution in [3.05, 3.63) is 34.1 Å². The summed E-state index contributed by atoms with van der Waals surface area (Å²) >= 11 is 0. The fraction of sp³-hybridized carbons (Fsp3) is 0.500. The molecule has 1 aliphatic heterocycles. The van der Waals surface area contributed by atoms with Gasteiger partial charge in [-0.3, -0.25) is 20.1 Å². The van der Waals surface area contributed by atoms with Crippen molar-refractivity contribution in [2.24, 2.45) is 16.6 Å². The Bertz CT molecular complexity index is 501. The number of pyridine rings is 1. The van der Waals surface area contributed by atoms with Crippen LogP contribution in [0.4, 0.5) is 5.69 Å². The Morgan fingerprint density at radius 1 is 1.61 bits per heavy atom. The summed E-state index contributed by atoms with van der Waals surface area (Å²) < 4.78 is 0. The maximum absolute atomic E-state index is 11.2. The van der Waals surface area contributed by atoms with Gasteiger partial charge in [0, 0.05) is 11.1 Å². The van der Waals surface area contributed by atoms with Crippen molar-refractivity contribution in [3.63, 3.8) is 0 Å². The van der Waals surface area contributed by atoms with Crippen LogP contribution in [0.2, 0.25) is 0 Å². The molecule has 18 heavy (non-hydrogen) atoms. The number of rotatable bonds is 3. The van der Waals surface area contributed by atoms with Gasteiger partial charge >= 0.3 is 0 Å². The summed E-state index contributed by atoms with van der Waals surface area (Å²) in [5, 5.41) is 11.2. The fourth-order valence-electron chi connectivity index (χ4n) is 2.42. The Kier molecular flexibility index (Phi) is 3.13. The summed E-state index contributed by atoms with van der Waals surface area (Å²) in [5.74, 6) is 0.235. The van der Waals surface area contributed by atoms with Crippen molar-refractivity contribution in [2.45, 2.75) is 31.8 Å². The predicted molar refractivity (Wildman–Crippen MR) is 68.5 cm³/mol. The molecule has 1 aliphatic rings. The molecule has 0 saturated carbocycles. The van der Waals surface area contributed by atoms with Crippen LogP contribution in [0.25, 0.3) is 0 Å². The monoisotopic (exact) mass is 248 g/mol. The third-order valence-electron chi connectivity index (χ3n) is 3.08. The summed E-state index contributed by atoms with van der Waals surface area (Å²) in [6, 6.07) is 2.50. The zero-order valence-electron chi connectivity index (χ0n) is 10.4. The highest BCUT2D eigenvalue weighted by Crippen LogP contribution is 2.37. The first-order valence-corrected chi connectivity index (χ1v) is 5.87. The molecule has 0 radical (unpaired) electrons. The van der Waals surface area contributed by atoms with Crippen molar-refractivity contribution in [2.75, 3.05) is 0 Å². The average Bonchev–Trinajstić information content (AvgIpc) is 2.28. The van der Waals surface area contributed by atoms with Crippen molar-refractivity contribution in [3.8, 4) is 0 Å². The molecule has 0 saturated heterocycles. The Labute approximate surface area is 105 Å². The summed E-state index contributed by atoms with van der Waals surface area (Å²) in [6.07, 6.45) is 3.42.